The van der Waals surface area contributed by atoms with Crippen LogP contribution in [0.1, 0.15) is 63.8 Å². The lowest BCUT2D eigenvalue weighted by Crippen LogP contribution is -2.31. The van der Waals surface area contributed by atoms with Gasteiger partial charge in [0, 0.05) is 21.8 Å². The molecule has 0 aromatic heterocycles. The number of benzene rings is 2. The number of rotatable bonds is 3. The van der Waals surface area contributed by atoms with Gasteiger partial charge in [0.15, 0.2) is 5.50 Å². The molecule has 1 aliphatic heterocycles. The lowest BCUT2D eigenvalue weighted by molar-refractivity contribution is -0.116. The fraction of sp³-hybridized carbons (Fsp3) is 0.400. The quantitative estimate of drug-likeness (QED) is 0.456. The number of carbonyl (C=O) groups is 1. The van der Waals surface area contributed by atoms with E-state index in [2.05, 4.69) is 52.2 Å². The molecule has 3 N–H and O–H groups in total. The molecular weight excluding hydrogens is 428 g/mol. The van der Waals surface area contributed by atoms with Crippen LogP contribution in [0.25, 0.3) is 6.08 Å². The van der Waals surface area contributed by atoms with Crippen LogP contribution in [0.2, 0.25) is 5.02 Å². The van der Waals surface area contributed by atoms with Crippen LogP contribution in [0.4, 0.5) is 5.69 Å². The molecule has 166 valence electrons. The third-order valence-electron chi connectivity index (χ3n) is 5.26. The third kappa shape index (κ3) is 5.39. The van der Waals surface area contributed by atoms with E-state index in [1.807, 2.05) is 43.3 Å². The highest BCUT2D eigenvalue weighted by molar-refractivity contribution is 8.05. The number of anilines is 1. The summed E-state index contributed by atoms with van der Waals surface area (Å²) in [6.07, 6.45) is 1.90. The first kappa shape index (κ1) is 23.6. The fourth-order valence-electron chi connectivity index (χ4n) is 3.49. The van der Waals surface area contributed by atoms with Crippen molar-refractivity contribution in [1.82, 2.24) is 5.32 Å². The Morgan fingerprint density at radius 2 is 1.65 bits per heavy atom. The number of aryl methyl sites for hydroxylation is 1. The third-order valence-corrected chi connectivity index (χ3v) is 6.53. The van der Waals surface area contributed by atoms with E-state index in [1.165, 1.54) is 11.8 Å². The van der Waals surface area contributed by atoms with E-state index < -0.39 is 0 Å². The normalized spacial score (nSPS) is 18.4. The van der Waals surface area contributed by atoms with Gasteiger partial charge in [0.2, 0.25) is 0 Å². The highest BCUT2D eigenvalue weighted by atomic mass is 35.5. The Morgan fingerprint density at radius 3 is 2.19 bits per heavy atom. The molecule has 4 nitrogen and oxygen atoms in total. The predicted molar refractivity (Wildman–Crippen MR) is 133 cm³/mol. The van der Waals surface area contributed by atoms with Gasteiger partial charge in [-0.2, -0.15) is 0 Å². The van der Waals surface area contributed by atoms with Crippen LogP contribution in [-0.4, -0.2) is 16.5 Å². The summed E-state index contributed by atoms with van der Waals surface area (Å²) >= 11 is 7.55. The summed E-state index contributed by atoms with van der Waals surface area (Å²) in [6.45, 7) is 14.5. The summed E-state index contributed by atoms with van der Waals surface area (Å²) in [5, 5.41) is 17.9. The van der Waals surface area contributed by atoms with Crippen LogP contribution in [0.3, 0.4) is 0 Å². The van der Waals surface area contributed by atoms with E-state index in [4.69, 9.17) is 11.6 Å². The van der Waals surface area contributed by atoms with Crippen molar-refractivity contribution < 1.29 is 9.90 Å². The van der Waals surface area contributed by atoms with Gasteiger partial charge in [0.25, 0.3) is 5.91 Å². The standard InChI is InChI=1S/C25H31ClN2O2S/c1-14-8-9-16(26)13-19(14)27-23-28-22(30)20(31-23)12-15-10-17(24(2,3)4)21(29)18(11-15)25(5,6)7/h8-13,23,27,29H,1-7H3,(H,28,30)/b20-12-. The second-order valence-electron chi connectivity index (χ2n) is 10.0. The minimum absolute atomic E-state index is 0.120. The van der Waals surface area contributed by atoms with Crippen molar-refractivity contribution in [3.8, 4) is 5.75 Å². The molecule has 1 fully saturated rings. The van der Waals surface area contributed by atoms with E-state index in [0.717, 1.165) is 27.9 Å². The van der Waals surface area contributed by atoms with Crippen molar-refractivity contribution in [1.29, 1.82) is 0 Å². The Bertz CT molecular complexity index is 1010. The minimum Gasteiger partial charge on any atom is -0.507 e. The van der Waals surface area contributed by atoms with E-state index in [1.54, 1.807) is 0 Å². The van der Waals surface area contributed by atoms with Crippen LogP contribution in [0.15, 0.2) is 35.2 Å². The van der Waals surface area contributed by atoms with Crippen molar-refractivity contribution in [2.45, 2.75) is 64.8 Å². The lowest BCUT2D eigenvalue weighted by atomic mass is 9.78. The number of nitrogens with one attached hydrogen (secondary N) is 2. The number of hydrogen-bond acceptors (Lipinski definition) is 4. The molecule has 0 spiro atoms. The first-order valence-corrected chi connectivity index (χ1v) is 11.6. The van der Waals surface area contributed by atoms with Crippen molar-refractivity contribution in [3.05, 3.63) is 62.5 Å². The van der Waals surface area contributed by atoms with E-state index in [9.17, 15) is 9.90 Å². The Balaban J connectivity index is 1.94. The van der Waals surface area contributed by atoms with Crippen molar-refractivity contribution in [2.75, 3.05) is 5.32 Å². The maximum absolute atomic E-state index is 12.6. The molecule has 1 amide bonds. The molecule has 1 atom stereocenters. The monoisotopic (exact) mass is 458 g/mol. The Labute approximate surface area is 194 Å². The van der Waals surface area contributed by atoms with Gasteiger partial charge in [-0.25, -0.2) is 0 Å². The molecule has 6 heteroatoms. The van der Waals surface area contributed by atoms with Gasteiger partial charge in [-0.3, -0.25) is 4.79 Å². The number of amides is 1. The van der Waals surface area contributed by atoms with Gasteiger partial charge in [-0.05, 0) is 59.2 Å². The van der Waals surface area contributed by atoms with Gasteiger partial charge in [-0.15, -0.1) is 0 Å². The number of phenols is 1. The van der Waals surface area contributed by atoms with Crippen LogP contribution in [0.5, 0.6) is 5.75 Å². The minimum atomic E-state index is -0.280. The first-order chi connectivity index (χ1) is 14.3. The Morgan fingerprint density at radius 1 is 1.06 bits per heavy atom. The summed E-state index contributed by atoms with van der Waals surface area (Å²) in [7, 11) is 0. The topological polar surface area (TPSA) is 61.4 Å². The van der Waals surface area contributed by atoms with Crippen LogP contribution in [0, 0.1) is 6.92 Å². The molecule has 0 aliphatic carbocycles. The molecular formula is C25H31ClN2O2S. The van der Waals surface area contributed by atoms with Crippen molar-refractivity contribution >= 4 is 41.0 Å². The molecule has 1 unspecified atom stereocenters. The molecule has 1 aliphatic rings. The summed E-state index contributed by atoms with van der Waals surface area (Å²) in [4.78, 5) is 13.3. The van der Waals surface area contributed by atoms with Gasteiger partial charge in [-0.1, -0.05) is 71.0 Å². The molecule has 0 radical (unpaired) electrons. The number of thioether (sulfide) groups is 1. The smallest absolute Gasteiger partial charge is 0.260 e. The van der Waals surface area contributed by atoms with Gasteiger partial charge in [0.1, 0.15) is 5.75 Å². The van der Waals surface area contributed by atoms with Crippen molar-refractivity contribution in [3.63, 3.8) is 0 Å². The summed E-state index contributed by atoms with van der Waals surface area (Å²) in [5.41, 5.74) is 3.87. The average molecular weight is 459 g/mol. The molecule has 3 rings (SSSR count). The van der Waals surface area contributed by atoms with Crippen molar-refractivity contribution in [2.24, 2.45) is 0 Å². The van der Waals surface area contributed by atoms with Gasteiger partial charge in [0.05, 0.1) is 4.91 Å². The molecule has 0 bridgehead atoms. The summed E-state index contributed by atoms with van der Waals surface area (Å²) < 4.78 is 0. The summed E-state index contributed by atoms with van der Waals surface area (Å²) in [5.74, 6) is 0.214. The summed E-state index contributed by atoms with van der Waals surface area (Å²) in [6, 6.07) is 9.61. The molecule has 1 heterocycles. The number of hydrogen-bond donors (Lipinski definition) is 3. The fourth-order valence-corrected chi connectivity index (χ4v) is 4.64. The zero-order valence-electron chi connectivity index (χ0n) is 19.2. The lowest BCUT2D eigenvalue weighted by Gasteiger charge is -2.28. The molecule has 2 aromatic rings. The van der Waals surface area contributed by atoms with E-state index in [-0.39, 0.29) is 22.2 Å². The molecule has 2 aromatic carbocycles. The highest BCUT2D eigenvalue weighted by Crippen LogP contribution is 2.41. The molecule has 0 saturated carbocycles. The maximum atomic E-state index is 12.6. The second-order valence-corrected chi connectivity index (χ2v) is 11.6. The first-order valence-electron chi connectivity index (χ1n) is 10.4. The Kier molecular flexibility index (Phi) is 6.41. The van der Waals surface area contributed by atoms with Crippen LogP contribution >= 0.6 is 23.4 Å². The number of aromatic hydroxyl groups is 1. The maximum Gasteiger partial charge on any atom is 0.260 e. The highest BCUT2D eigenvalue weighted by Gasteiger charge is 2.29. The predicted octanol–water partition coefficient (Wildman–Crippen LogP) is 6.55. The van der Waals surface area contributed by atoms with E-state index in [0.29, 0.717) is 15.7 Å². The molecule has 31 heavy (non-hydrogen) atoms. The van der Waals surface area contributed by atoms with Crippen LogP contribution < -0.4 is 10.6 Å². The average Bonchev–Trinajstić information content (AvgIpc) is 2.96. The Hall–Kier alpha value is -2.11. The van der Waals surface area contributed by atoms with Gasteiger partial charge >= 0.3 is 0 Å². The zero-order valence-corrected chi connectivity index (χ0v) is 20.8. The number of phenolic OH excluding ortho intramolecular Hbond substituents is 1. The largest absolute Gasteiger partial charge is 0.507 e. The van der Waals surface area contributed by atoms with Gasteiger partial charge < -0.3 is 15.7 Å². The number of carbonyl (C=O) groups excluding carboxylic acids is 1. The SMILES string of the molecule is Cc1ccc(Cl)cc1NC1NC(=O)/C(=C/c2cc(C(C)(C)C)c(O)c(C(C)(C)C)c2)S1. The van der Waals surface area contributed by atoms with E-state index >= 15 is 0 Å². The molecule has 1 saturated heterocycles. The van der Waals surface area contributed by atoms with Crippen LogP contribution in [-0.2, 0) is 15.6 Å². The number of halogens is 1. The second kappa shape index (κ2) is 8.44. The zero-order chi connectivity index (χ0) is 23.1.